The zero-order chi connectivity index (χ0) is 12.5. The molecule has 0 spiro atoms. The Morgan fingerprint density at radius 1 is 1.39 bits per heavy atom. The Kier molecular flexibility index (Phi) is 3.50. The molecule has 0 saturated heterocycles. The maximum absolute atomic E-state index is 9.96. The van der Waals surface area contributed by atoms with Gasteiger partial charge in [-0.1, -0.05) is 34.1 Å². The third-order valence-corrected chi connectivity index (χ3v) is 5.24. The van der Waals surface area contributed by atoms with Crippen molar-refractivity contribution in [1.29, 1.82) is 0 Å². The van der Waals surface area contributed by atoms with Gasteiger partial charge in [0.1, 0.15) is 0 Å². The van der Waals surface area contributed by atoms with Gasteiger partial charge in [0.15, 0.2) is 0 Å². The zero-order valence-corrected chi connectivity index (χ0v) is 12.3. The molecule has 0 saturated carbocycles. The maximum Gasteiger partial charge on any atom is 0.0976 e. The van der Waals surface area contributed by atoms with Crippen LogP contribution in [0, 0.1) is 0 Å². The molecule has 4 heteroatoms. The molecule has 0 amide bonds. The molecular weight excluding hydrogens is 310 g/mol. The SMILES string of the molecule is OC1CCCc2nc(Cc3ccccc3Br)sc21. The normalized spacial score (nSPS) is 18.7. The van der Waals surface area contributed by atoms with Crippen molar-refractivity contribution in [3.8, 4) is 0 Å². The minimum absolute atomic E-state index is 0.292. The summed E-state index contributed by atoms with van der Waals surface area (Å²) in [4.78, 5) is 5.76. The van der Waals surface area contributed by atoms with Gasteiger partial charge in [0.05, 0.1) is 21.7 Å². The van der Waals surface area contributed by atoms with Crippen LogP contribution in [-0.2, 0) is 12.8 Å². The molecular formula is C14H14BrNOS. The van der Waals surface area contributed by atoms with E-state index in [0.717, 1.165) is 45.7 Å². The van der Waals surface area contributed by atoms with Crippen LogP contribution in [0.5, 0.6) is 0 Å². The van der Waals surface area contributed by atoms with Gasteiger partial charge in [-0.25, -0.2) is 4.98 Å². The van der Waals surface area contributed by atoms with Gasteiger partial charge in [0.25, 0.3) is 0 Å². The summed E-state index contributed by atoms with van der Waals surface area (Å²) >= 11 is 5.23. The second kappa shape index (κ2) is 5.11. The van der Waals surface area contributed by atoms with E-state index in [9.17, 15) is 5.11 Å². The Morgan fingerprint density at radius 2 is 2.22 bits per heavy atom. The number of nitrogens with zero attached hydrogens (tertiary/aromatic N) is 1. The van der Waals surface area contributed by atoms with E-state index in [2.05, 4.69) is 33.0 Å². The van der Waals surface area contributed by atoms with Crippen LogP contribution in [0.25, 0.3) is 0 Å². The molecule has 0 fully saturated rings. The number of aromatic nitrogens is 1. The van der Waals surface area contributed by atoms with Crippen molar-refractivity contribution in [2.45, 2.75) is 31.8 Å². The Hall–Kier alpha value is -0.710. The standard InChI is InChI=1S/C14H14BrNOS/c15-10-5-2-1-4-9(10)8-13-16-11-6-3-7-12(17)14(11)18-13/h1-2,4-5,12,17H,3,6-8H2. The smallest absolute Gasteiger partial charge is 0.0976 e. The summed E-state index contributed by atoms with van der Waals surface area (Å²) in [6, 6.07) is 8.23. The van der Waals surface area contributed by atoms with Crippen molar-refractivity contribution in [2.24, 2.45) is 0 Å². The van der Waals surface area contributed by atoms with Crippen LogP contribution in [-0.4, -0.2) is 10.1 Å². The van der Waals surface area contributed by atoms with Gasteiger partial charge >= 0.3 is 0 Å². The number of hydrogen-bond donors (Lipinski definition) is 1. The van der Waals surface area contributed by atoms with Crippen LogP contribution in [0.1, 0.15) is 40.1 Å². The van der Waals surface area contributed by atoms with Crippen LogP contribution in [0.4, 0.5) is 0 Å². The Morgan fingerprint density at radius 3 is 3.00 bits per heavy atom. The third-order valence-electron chi connectivity index (χ3n) is 3.27. The molecule has 0 radical (unpaired) electrons. The molecule has 18 heavy (non-hydrogen) atoms. The summed E-state index contributed by atoms with van der Waals surface area (Å²) in [5, 5.41) is 11.1. The predicted octanol–water partition coefficient (Wildman–Crippen LogP) is 3.87. The fourth-order valence-electron chi connectivity index (χ4n) is 2.33. The molecule has 1 atom stereocenters. The summed E-state index contributed by atoms with van der Waals surface area (Å²) in [6.45, 7) is 0. The topological polar surface area (TPSA) is 33.1 Å². The monoisotopic (exact) mass is 323 g/mol. The van der Waals surface area contributed by atoms with Crippen LogP contribution in [0.2, 0.25) is 0 Å². The molecule has 3 rings (SSSR count). The average molecular weight is 324 g/mol. The van der Waals surface area contributed by atoms with Gasteiger partial charge in [-0.2, -0.15) is 0 Å². The molecule has 1 aromatic carbocycles. The van der Waals surface area contributed by atoms with Crippen molar-refractivity contribution >= 4 is 27.3 Å². The molecule has 1 aliphatic carbocycles. The van der Waals surface area contributed by atoms with Crippen molar-refractivity contribution in [3.05, 3.63) is 49.9 Å². The third kappa shape index (κ3) is 2.37. The van der Waals surface area contributed by atoms with Crippen LogP contribution >= 0.6 is 27.3 Å². The first-order valence-electron chi connectivity index (χ1n) is 6.14. The second-order valence-electron chi connectivity index (χ2n) is 4.59. The molecule has 94 valence electrons. The molecule has 1 aromatic heterocycles. The van der Waals surface area contributed by atoms with Crippen molar-refractivity contribution < 1.29 is 5.11 Å². The lowest BCUT2D eigenvalue weighted by Gasteiger charge is -2.14. The summed E-state index contributed by atoms with van der Waals surface area (Å²) < 4.78 is 1.12. The highest BCUT2D eigenvalue weighted by molar-refractivity contribution is 9.10. The quantitative estimate of drug-likeness (QED) is 0.910. The largest absolute Gasteiger partial charge is 0.388 e. The van der Waals surface area contributed by atoms with Gasteiger partial charge < -0.3 is 5.11 Å². The Balaban J connectivity index is 1.88. The first-order chi connectivity index (χ1) is 8.74. The minimum atomic E-state index is -0.292. The van der Waals surface area contributed by atoms with E-state index < -0.39 is 0 Å². The summed E-state index contributed by atoms with van der Waals surface area (Å²) in [5.74, 6) is 0. The minimum Gasteiger partial charge on any atom is -0.388 e. The van der Waals surface area contributed by atoms with Gasteiger partial charge in [-0.15, -0.1) is 11.3 Å². The molecule has 0 aliphatic heterocycles. The average Bonchev–Trinajstić information content (AvgIpc) is 2.76. The maximum atomic E-state index is 9.96. The first-order valence-corrected chi connectivity index (χ1v) is 7.75. The number of rotatable bonds is 2. The molecule has 1 heterocycles. The summed E-state index contributed by atoms with van der Waals surface area (Å²) in [6.07, 6.45) is 3.49. The highest BCUT2D eigenvalue weighted by Gasteiger charge is 2.22. The number of hydrogen-bond acceptors (Lipinski definition) is 3. The number of benzene rings is 1. The molecule has 2 aromatic rings. The second-order valence-corrected chi connectivity index (χ2v) is 6.56. The number of halogens is 1. The van der Waals surface area contributed by atoms with Crippen molar-refractivity contribution in [2.75, 3.05) is 0 Å². The van der Waals surface area contributed by atoms with Crippen molar-refractivity contribution in [3.63, 3.8) is 0 Å². The summed E-state index contributed by atoms with van der Waals surface area (Å²) in [5.41, 5.74) is 2.36. The van der Waals surface area contributed by atoms with E-state index in [1.807, 2.05) is 12.1 Å². The zero-order valence-electron chi connectivity index (χ0n) is 9.90. The van der Waals surface area contributed by atoms with Gasteiger partial charge in [0.2, 0.25) is 0 Å². The van der Waals surface area contributed by atoms with E-state index in [1.165, 1.54) is 5.56 Å². The molecule has 2 nitrogen and oxygen atoms in total. The van der Waals surface area contributed by atoms with Crippen LogP contribution in [0.15, 0.2) is 28.7 Å². The molecule has 1 unspecified atom stereocenters. The lowest BCUT2D eigenvalue weighted by Crippen LogP contribution is -2.06. The highest BCUT2D eigenvalue weighted by Crippen LogP contribution is 2.35. The highest BCUT2D eigenvalue weighted by atomic mass is 79.9. The van der Waals surface area contributed by atoms with E-state index in [1.54, 1.807) is 11.3 Å². The van der Waals surface area contributed by atoms with E-state index in [4.69, 9.17) is 0 Å². The number of thiazole rings is 1. The van der Waals surface area contributed by atoms with Crippen LogP contribution < -0.4 is 0 Å². The number of aliphatic hydroxyl groups excluding tert-OH is 1. The Labute approximate surface area is 119 Å². The van der Waals surface area contributed by atoms with E-state index in [-0.39, 0.29) is 6.10 Å². The van der Waals surface area contributed by atoms with Crippen LogP contribution in [0.3, 0.4) is 0 Å². The molecule has 1 N–H and O–H groups in total. The lowest BCUT2D eigenvalue weighted by molar-refractivity contribution is 0.160. The predicted molar refractivity (Wildman–Crippen MR) is 77.0 cm³/mol. The number of aliphatic hydroxyl groups is 1. The lowest BCUT2D eigenvalue weighted by atomic mass is 10.0. The molecule has 0 bridgehead atoms. The molecule has 1 aliphatic rings. The van der Waals surface area contributed by atoms with Crippen molar-refractivity contribution in [1.82, 2.24) is 4.98 Å². The van der Waals surface area contributed by atoms with Gasteiger partial charge in [0, 0.05) is 10.9 Å². The number of aryl methyl sites for hydroxylation is 1. The Bertz CT molecular complexity index is 567. The summed E-state index contributed by atoms with van der Waals surface area (Å²) in [7, 11) is 0. The fraction of sp³-hybridized carbons (Fsp3) is 0.357. The van der Waals surface area contributed by atoms with Gasteiger partial charge in [-0.3, -0.25) is 0 Å². The van der Waals surface area contributed by atoms with E-state index in [0.29, 0.717) is 0 Å². The fourth-order valence-corrected chi connectivity index (χ4v) is 3.91. The van der Waals surface area contributed by atoms with Gasteiger partial charge in [-0.05, 0) is 30.9 Å². The van der Waals surface area contributed by atoms with E-state index >= 15 is 0 Å². The first kappa shape index (κ1) is 12.3. The number of fused-ring (bicyclic) bond motifs is 1.